The molecule has 0 spiro atoms. The van der Waals surface area contributed by atoms with Crippen LogP contribution in [-0.2, 0) is 0 Å². The maximum Gasteiger partial charge on any atom is 0.138 e. The van der Waals surface area contributed by atoms with Crippen LogP contribution in [0, 0.1) is 6.92 Å². The van der Waals surface area contributed by atoms with E-state index in [1.807, 2.05) is 11.6 Å². The average Bonchev–Trinajstić information content (AvgIpc) is 3.04. The SMILES string of the molecule is Cc1cnc(C(C)CNc2ncnc3sccc23)s1. The normalized spacial score (nSPS) is 12.7. The molecule has 4 nitrogen and oxygen atoms in total. The quantitative estimate of drug-likeness (QED) is 0.796. The van der Waals surface area contributed by atoms with E-state index in [9.17, 15) is 0 Å². The van der Waals surface area contributed by atoms with Crippen LogP contribution in [0.4, 0.5) is 5.82 Å². The van der Waals surface area contributed by atoms with Crippen molar-refractivity contribution in [3.8, 4) is 0 Å². The molecular weight excluding hydrogens is 276 g/mol. The van der Waals surface area contributed by atoms with Gasteiger partial charge in [-0.1, -0.05) is 6.92 Å². The highest BCUT2D eigenvalue weighted by Crippen LogP contribution is 2.25. The van der Waals surface area contributed by atoms with Crippen LogP contribution in [0.1, 0.15) is 22.7 Å². The Morgan fingerprint density at radius 3 is 3.00 bits per heavy atom. The van der Waals surface area contributed by atoms with Gasteiger partial charge in [-0.25, -0.2) is 15.0 Å². The summed E-state index contributed by atoms with van der Waals surface area (Å²) in [5, 5.41) is 7.70. The molecular formula is C13H14N4S2. The van der Waals surface area contributed by atoms with Gasteiger partial charge in [-0.05, 0) is 18.4 Å². The first-order valence-electron chi connectivity index (χ1n) is 6.08. The highest BCUT2D eigenvalue weighted by atomic mass is 32.1. The van der Waals surface area contributed by atoms with Gasteiger partial charge in [0.15, 0.2) is 0 Å². The Labute approximate surface area is 119 Å². The van der Waals surface area contributed by atoms with Crippen LogP contribution in [0.25, 0.3) is 10.2 Å². The number of fused-ring (bicyclic) bond motifs is 1. The molecule has 0 aliphatic heterocycles. The maximum absolute atomic E-state index is 4.43. The molecule has 1 N–H and O–H groups in total. The van der Waals surface area contributed by atoms with Crippen molar-refractivity contribution in [2.24, 2.45) is 0 Å². The minimum Gasteiger partial charge on any atom is -0.369 e. The Balaban J connectivity index is 1.74. The van der Waals surface area contributed by atoms with Gasteiger partial charge in [-0.15, -0.1) is 22.7 Å². The summed E-state index contributed by atoms with van der Waals surface area (Å²) in [5.41, 5.74) is 0. The molecule has 1 unspecified atom stereocenters. The summed E-state index contributed by atoms with van der Waals surface area (Å²) in [7, 11) is 0. The van der Waals surface area contributed by atoms with Crippen LogP contribution in [0.15, 0.2) is 24.0 Å². The number of rotatable bonds is 4. The van der Waals surface area contributed by atoms with E-state index < -0.39 is 0 Å². The summed E-state index contributed by atoms with van der Waals surface area (Å²) >= 11 is 3.39. The summed E-state index contributed by atoms with van der Waals surface area (Å²) in [6.45, 7) is 5.09. The largest absolute Gasteiger partial charge is 0.369 e. The van der Waals surface area contributed by atoms with Crippen molar-refractivity contribution in [3.05, 3.63) is 33.9 Å². The Morgan fingerprint density at radius 1 is 1.32 bits per heavy atom. The second-order valence-corrected chi connectivity index (χ2v) is 6.61. The number of anilines is 1. The molecule has 3 heterocycles. The Hall–Kier alpha value is -1.53. The van der Waals surface area contributed by atoms with E-state index in [0.717, 1.165) is 22.6 Å². The highest BCUT2D eigenvalue weighted by Gasteiger charge is 2.11. The highest BCUT2D eigenvalue weighted by molar-refractivity contribution is 7.16. The van der Waals surface area contributed by atoms with Gasteiger partial charge in [0.25, 0.3) is 0 Å². The van der Waals surface area contributed by atoms with Gasteiger partial charge in [0, 0.05) is 23.5 Å². The number of thiazole rings is 1. The Kier molecular flexibility index (Phi) is 3.44. The van der Waals surface area contributed by atoms with Gasteiger partial charge >= 0.3 is 0 Å². The van der Waals surface area contributed by atoms with Crippen molar-refractivity contribution in [3.63, 3.8) is 0 Å². The van der Waals surface area contributed by atoms with Gasteiger partial charge in [0.05, 0.1) is 10.4 Å². The second kappa shape index (κ2) is 5.22. The number of aromatic nitrogens is 3. The van der Waals surface area contributed by atoms with Crippen LogP contribution in [0.5, 0.6) is 0 Å². The van der Waals surface area contributed by atoms with Crippen LogP contribution in [-0.4, -0.2) is 21.5 Å². The third kappa shape index (κ3) is 2.59. The minimum atomic E-state index is 0.377. The molecule has 6 heteroatoms. The van der Waals surface area contributed by atoms with E-state index in [-0.39, 0.29) is 0 Å². The van der Waals surface area contributed by atoms with Crippen LogP contribution >= 0.6 is 22.7 Å². The third-order valence-corrected chi connectivity index (χ3v) is 4.86. The van der Waals surface area contributed by atoms with E-state index in [0.29, 0.717) is 5.92 Å². The van der Waals surface area contributed by atoms with Crippen LogP contribution in [0.2, 0.25) is 0 Å². The van der Waals surface area contributed by atoms with E-state index in [4.69, 9.17) is 0 Å². The molecule has 3 aromatic heterocycles. The van der Waals surface area contributed by atoms with Gasteiger partial charge in [-0.3, -0.25) is 0 Å². The lowest BCUT2D eigenvalue weighted by molar-refractivity contribution is 0.792. The molecule has 0 aromatic carbocycles. The first kappa shape index (κ1) is 12.5. The lowest BCUT2D eigenvalue weighted by Crippen LogP contribution is -2.10. The first-order chi connectivity index (χ1) is 9.24. The predicted octanol–water partition coefficient (Wildman–Crippen LogP) is 3.67. The molecule has 0 amide bonds. The fourth-order valence-corrected chi connectivity index (χ4v) is 3.43. The van der Waals surface area contributed by atoms with E-state index in [2.05, 4.69) is 40.2 Å². The maximum atomic E-state index is 4.43. The zero-order chi connectivity index (χ0) is 13.2. The summed E-state index contributed by atoms with van der Waals surface area (Å²) in [5.74, 6) is 1.29. The van der Waals surface area contributed by atoms with Crippen molar-refractivity contribution in [1.82, 2.24) is 15.0 Å². The molecule has 0 fully saturated rings. The smallest absolute Gasteiger partial charge is 0.138 e. The van der Waals surface area contributed by atoms with Gasteiger partial charge in [-0.2, -0.15) is 0 Å². The molecule has 0 aliphatic rings. The molecule has 0 saturated heterocycles. The molecule has 3 rings (SSSR count). The summed E-state index contributed by atoms with van der Waals surface area (Å²) in [6, 6.07) is 2.06. The van der Waals surface area contributed by atoms with Crippen molar-refractivity contribution in [2.45, 2.75) is 19.8 Å². The van der Waals surface area contributed by atoms with Crippen molar-refractivity contribution in [1.29, 1.82) is 0 Å². The predicted molar refractivity (Wildman–Crippen MR) is 81.2 cm³/mol. The molecule has 0 saturated carbocycles. The number of nitrogens with one attached hydrogen (secondary N) is 1. The number of hydrogen-bond donors (Lipinski definition) is 1. The van der Waals surface area contributed by atoms with Crippen LogP contribution in [0.3, 0.4) is 0 Å². The molecule has 98 valence electrons. The lowest BCUT2D eigenvalue weighted by atomic mass is 10.2. The number of thiophene rings is 1. The molecule has 3 aromatic rings. The van der Waals surface area contributed by atoms with Gasteiger partial charge in [0.2, 0.25) is 0 Å². The first-order valence-corrected chi connectivity index (χ1v) is 7.78. The Bertz CT molecular complexity index is 689. The summed E-state index contributed by atoms with van der Waals surface area (Å²) in [4.78, 5) is 15.3. The Morgan fingerprint density at radius 2 is 2.21 bits per heavy atom. The fraction of sp³-hybridized carbons (Fsp3) is 0.308. The summed E-state index contributed by atoms with van der Waals surface area (Å²) in [6.07, 6.45) is 3.54. The standard InChI is InChI=1S/C13H14N4S2/c1-8(12-15-6-9(2)19-12)5-14-11-10-3-4-18-13(10)17-7-16-11/h3-4,6-8H,5H2,1-2H3,(H,14,16,17). The molecule has 19 heavy (non-hydrogen) atoms. The minimum absolute atomic E-state index is 0.377. The summed E-state index contributed by atoms with van der Waals surface area (Å²) < 4.78 is 0. The lowest BCUT2D eigenvalue weighted by Gasteiger charge is -2.10. The number of nitrogens with zero attached hydrogens (tertiary/aromatic N) is 3. The van der Waals surface area contributed by atoms with Crippen molar-refractivity contribution >= 4 is 38.7 Å². The van der Waals surface area contributed by atoms with E-state index in [1.54, 1.807) is 29.0 Å². The molecule has 0 radical (unpaired) electrons. The molecule has 0 aliphatic carbocycles. The monoisotopic (exact) mass is 290 g/mol. The zero-order valence-corrected chi connectivity index (χ0v) is 12.4. The topological polar surface area (TPSA) is 50.7 Å². The fourth-order valence-electron chi connectivity index (χ4n) is 1.87. The second-order valence-electron chi connectivity index (χ2n) is 4.45. The van der Waals surface area contributed by atoms with E-state index >= 15 is 0 Å². The van der Waals surface area contributed by atoms with Gasteiger partial charge < -0.3 is 5.32 Å². The van der Waals surface area contributed by atoms with Crippen molar-refractivity contribution in [2.75, 3.05) is 11.9 Å². The van der Waals surface area contributed by atoms with E-state index in [1.165, 1.54) is 9.88 Å². The molecule has 1 atom stereocenters. The number of hydrogen-bond acceptors (Lipinski definition) is 6. The van der Waals surface area contributed by atoms with Gasteiger partial charge in [0.1, 0.15) is 17.0 Å². The molecule has 0 bridgehead atoms. The average molecular weight is 290 g/mol. The number of aryl methyl sites for hydroxylation is 1. The van der Waals surface area contributed by atoms with Crippen LogP contribution < -0.4 is 5.32 Å². The third-order valence-electron chi connectivity index (χ3n) is 2.90. The van der Waals surface area contributed by atoms with Crippen molar-refractivity contribution < 1.29 is 0 Å². The zero-order valence-electron chi connectivity index (χ0n) is 10.8.